The predicted octanol–water partition coefficient (Wildman–Crippen LogP) is 2.37. The van der Waals surface area contributed by atoms with Crippen molar-refractivity contribution in [1.29, 1.82) is 0 Å². The minimum absolute atomic E-state index is 0.115. The molecule has 1 heterocycles. The number of rotatable bonds is 5. The van der Waals surface area contributed by atoms with Gasteiger partial charge in [0.2, 0.25) is 0 Å². The molecular formula is C13H17ClFNO2. The molecule has 0 bridgehead atoms. The van der Waals surface area contributed by atoms with Gasteiger partial charge in [-0.15, -0.1) is 0 Å². The summed E-state index contributed by atoms with van der Waals surface area (Å²) in [6, 6.07) is 4.88. The fraction of sp³-hybridized carbons (Fsp3) is 0.538. The molecule has 18 heavy (non-hydrogen) atoms. The molecule has 5 heteroatoms. The van der Waals surface area contributed by atoms with Crippen molar-refractivity contribution >= 4 is 11.6 Å². The van der Waals surface area contributed by atoms with Crippen LogP contribution < -0.4 is 5.32 Å². The normalized spacial score (nSPS) is 18.2. The Morgan fingerprint density at radius 1 is 1.44 bits per heavy atom. The smallest absolute Gasteiger partial charge is 0.159 e. The van der Waals surface area contributed by atoms with Crippen molar-refractivity contribution in [3.8, 4) is 0 Å². The van der Waals surface area contributed by atoms with Crippen molar-refractivity contribution in [3.05, 3.63) is 34.6 Å². The molecule has 0 spiro atoms. The van der Waals surface area contributed by atoms with Gasteiger partial charge in [0.15, 0.2) is 6.29 Å². The summed E-state index contributed by atoms with van der Waals surface area (Å²) >= 11 is 5.73. The van der Waals surface area contributed by atoms with Gasteiger partial charge in [0.05, 0.1) is 13.2 Å². The minimum Gasteiger partial charge on any atom is -0.350 e. The van der Waals surface area contributed by atoms with E-state index in [1.807, 2.05) is 7.05 Å². The van der Waals surface area contributed by atoms with E-state index in [0.717, 1.165) is 0 Å². The Kier molecular flexibility index (Phi) is 4.95. The molecule has 1 fully saturated rings. The van der Waals surface area contributed by atoms with Gasteiger partial charge in [0, 0.05) is 17.5 Å². The van der Waals surface area contributed by atoms with Gasteiger partial charge >= 0.3 is 0 Å². The molecule has 100 valence electrons. The molecule has 0 aromatic heterocycles. The Hall–Kier alpha value is -0.680. The third-order valence-corrected chi connectivity index (χ3v) is 3.29. The van der Waals surface area contributed by atoms with E-state index in [0.29, 0.717) is 36.6 Å². The molecule has 1 atom stereocenters. The number of hydrogen-bond donors (Lipinski definition) is 1. The fourth-order valence-corrected chi connectivity index (χ4v) is 2.19. The van der Waals surface area contributed by atoms with Crippen LogP contribution in [0, 0.1) is 5.82 Å². The molecule has 1 aliphatic rings. The highest BCUT2D eigenvalue weighted by molar-refractivity contribution is 6.30. The summed E-state index contributed by atoms with van der Waals surface area (Å²) in [5.74, 6) is -0.268. The SMILES string of the molecule is CNC(Cc1ccc(Cl)cc1F)CC1OCCO1. The molecule has 3 nitrogen and oxygen atoms in total. The van der Waals surface area contributed by atoms with Crippen LogP contribution in [0.3, 0.4) is 0 Å². The zero-order chi connectivity index (χ0) is 13.0. The molecule has 0 aliphatic carbocycles. The number of nitrogens with one attached hydrogen (secondary N) is 1. The quantitative estimate of drug-likeness (QED) is 0.893. The second-order valence-corrected chi connectivity index (χ2v) is 4.77. The Labute approximate surface area is 111 Å². The Balaban J connectivity index is 1.96. The summed E-state index contributed by atoms with van der Waals surface area (Å²) in [6.07, 6.45) is 1.11. The first-order chi connectivity index (χ1) is 8.69. The second kappa shape index (κ2) is 6.48. The van der Waals surface area contributed by atoms with Gasteiger partial charge in [-0.05, 0) is 31.2 Å². The lowest BCUT2D eigenvalue weighted by molar-refractivity contribution is -0.0523. The minimum atomic E-state index is -0.268. The van der Waals surface area contributed by atoms with Gasteiger partial charge < -0.3 is 14.8 Å². The number of halogens is 2. The van der Waals surface area contributed by atoms with Gasteiger partial charge in [-0.25, -0.2) is 4.39 Å². The van der Waals surface area contributed by atoms with Crippen LogP contribution in [0.5, 0.6) is 0 Å². The maximum atomic E-state index is 13.7. The first-order valence-corrected chi connectivity index (χ1v) is 6.41. The van der Waals surface area contributed by atoms with Crippen LogP contribution in [0.2, 0.25) is 5.02 Å². The number of likely N-dealkylation sites (N-methyl/N-ethyl adjacent to an activating group) is 1. The summed E-state index contributed by atoms with van der Waals surface area (Å²) in [5, 5.41) is 3.58. The van der Waals surface area contributed by atoms with Crippen LogP contribution >= 0.6 is 11.6 Å². The summed E-state index contributed by atoms with van der Waals surface area (Å²) < 4.78 is 24.5. The van der Waals surface area contributed by atoms with Gasteiger partial charge in [-0.2, -0.15) is 0 Å². The molecule has 0 radical (unpaired) electrons. The van der Waals surface area contributed by atoms with Crippen molar-refractivity contribution in [1.82, 2.24) is 5.32 Å². The van der Waals surface area contributed by atoms with Crippen LogP contribution in [0.4, 0.5) is 4.39 Å². The molecule has 1 unspecified atom stereocenters. The molecule has 1 saturated heterocycles. The summed E-state index contributed by atoms with van der Waals surface area (Å²) in [5.41, 5.74) is 0.650. The van der Waals surface area contributed by atoms with E-state index in [1.54, 1.807) is 12.1 Å². The fourth-order valence-electron chi connectivity index (χ4n) is 2.03. The summed E-state index contributed by atoms with van der Waals surface area (Å²) in [6.45, 7) is 1.27. The van der Waals surface area contributed by atoms with Crippen LogP contribution in [-0.2, 0) is 15.9 Å². The van der Waals surface area contributed by atoms with Crippen molar-refractivity contribution in [2.24, 2.45) is 0 Å². The molecular weight excluding hydrogens is 257 g/mol. The highest BCUT2D eigenvalue weighted by atomic mass is 35.5. The van der Waals surface area contributed by atoms with Crippen LogP contribution in [-0.4, -0.2) is 32.6 Å². The Morgan fingerprint density at radius 2 is 2.17 bits per heavy atom. The van der Waals surface area contributed by atoms with Crippen molar-refractivity contribution in [2.45, 2.75) is 25.2 Å². The molecule has 0 amide bonds. The largest absolute Gasteiger partial charge is 0.350 e. The zero-order valence-corrected chi connectivity index (χ0v) is 11.0. The standard InChI is InChI=1S/C13H17ClFNO2/c1-16-11(8-13-17-4-5-18-13)6-9-2-3-10(14)7-12(9)15/h2-3,7,11,13,16H,4-6,8H2,1H3. The number of benzene rings is 1. The number of ether oxygens (including phenoxy) is 2. The zero-order valence-electron chi connectivity index (χ0n) is 10.3. The van der Waals surface area contributed by atoms with E-state index >= 15 is 0 Å². The lowest BCUT2D eigenvalue weighted by atomic mass is 10.0. The summed E-state index contributed by atoms with van der Waals surface area (Å²) in [4.78, 5) is 0. The predicted molar refractivity (Wildman–Crippen MR) is 68.3 cm³/mol. The van der Waals surface area contributed by atoms with Crippen molar-refractivity contribution in [3.63, 3.8) is 0 Å². The average Bonchev–Trinajstić information content (AvgIpc) is 2.84. The summed E-state index contributed by atoms with van der Waals surface area (Å²) in [7, 11) is 1.85. The lowest BCUT2D eigenvalue weighted by Gasteiger charge is -2.19. The average molecular weight is 274 g/mol. The van der Waals surface area contributed by atoms with E-state index in [4.69, 9.17) is 21.1 Å². The van der Waals surface area contributed by atoms with E-state index in [2.05, 4.69) is 5.32 Å². The van der Waals surface area contributed by atoms with E-state index in [9.17, 15) is 4.39 Å². The highest BCUT2D eigenvalue weighted by Crippen LogP contribution is 2.18. The van der Waals surface area contributed by atoms with Crippen LogP contribution in [0.15, 0.2) is 18.2 Å². The maximum absolute atomic E-state index is 13.7. The third kappa shape index (κ3) is 3.65. The molecule has 2 rings (SSSR count). The van der Waals surface area contributed by atoms with E-state index in [-0.39, 0.29) is 18.1 Å². The van der Waals surface area contributed by atoms with Gasteiger partial charge in [-0.3, -0.25) is 0 Å². The van der Waals surface area contributed by atoms with Gasteiger partial charge in [0.25, 0.3) is 0 Å². The second-order valence-electron chi connectivity index (χ2n) is 4.33. The van der Waals surface area contributed by atoms with E-state index < -0.39 is 0 Å². The topological polar surface area (TPSA) is 30.5 Å². The van der Waals surface area contributed by atoms with Gasteiger partial charge in [0.1, 0.15) is 5.82 Å². The monoisotopic (exact) mass is 273 g/mol. The highest BCUT2D eigenvalue weighted by Gasteiger charge is 2.21. The Morgan fingerprint density at radius 3 is 2.78 bits per heavy atom. The van der Waals surface area contributed by atoms with E-state index in [1.165, 1.54) is 6.07 Å². The first-order valence-electron chi connectivity index (χ1n) is 6.03. The first kappa shape index (κ1) is 13.7. The molecule has 1 aliphatic heterocycles. The Bertz CT molecular complexity index is 397. The van der Waals surface area contributed by atoms with Crippen LogP contribution in [0.25, 0.3) is 0 Å². The molecule has 1 aromatic carbocycles. The molecule has 1 aromatic rings. The van der Waals surface area contributed by atoms with Gasteiger partial charge in [-0.1, -0.05) is 17.7 Å². The van der Waals surface area contributed by atoms with Crippen LogP contribution in [0.1, 0.15) is 12.0 Å². The molecule has 1 N–H and O–H groups in total. The third-order valence-electron chi connectivity index (χ3n) is 3.06. The number of hydrogen-bond acceptors (Lipinski definition) is 3. The molecule has 0 saturated carbocycles. The van der Waals surface area contributed by atoms with Crippen molar-refractivity contribution < 1.29 is 13.9 Å². The maximum Gasteiger partial charge on any atom is 0.159 e. The lowest BCUT2D eigenvalue weighted by Crippen LogP contribution is -2.32. The van der Waals surface area contributed by atoms with Crippen molar-refractivity contribution in [2.75, 3.05) is 20.3 Å².